The van der Waals surface area contributed by atoms with Crippen LogP contribution in [0.3, 0.4) is 0 Å². The van der Waals surface area contributed by atoms with Crippen LogP contribution >= 0.6 is 0 Å². The highest BCUT2D eigenvalue weighted by molar-refractivity contribution is 5.97. The number of hydrogen-bond donors (Lipinski definition) is 0. The van der Waals surface area contributed by atoms with Crippen molar-refractivity contribution in [2.75, 3.05) is 124 Å². The first-order chi connectivity index (χ1) is 23.5. The standard InChI is InChI=1S/C35H51N7O6/c1-46-22-19-37-11-15-39(16-12-37)33(43)27-41-10-6-3-7-21-48-32-9-5-4-8-31(32)42(30-24-29(35(41)45)25-36-26-30)28-34(44)40-17-13-38(14-18-40)20-23-47-2/h4-5,8-9,24-26H,3,6-7,10-23,27-28H2,1-2H3. The van der Waals surface area contributed by atoms with Gasteiger partial charge in [0.1, 0.15) is 18.8 Å². The van der Waals surface area contributed by atoms with Gasteiger partial charge in [-0.1, -0.05) is 12.1 Å². The lowest BCUT2D eigenvalue weighted by atomic mass is 10.1. The Morgan fingerprint density at radius 1 is 0.771 bits per heavy atom. The third-order valence-electron chi connectivity index (χ3n) is 9.35. The van der Waals surface area contributed by atoms with Gasteiger partial charge in [0.15, 0.2) is 0 Å². The molecule has 1 aromatic heterocycles. The second kappa shape index (κ2) is 18.1. The van der Waals surface area contributed by atoms with E-state index in [0.717, 1.165) is 64.2 Å². The number of pyridine rings is 1. The Morgan fingerprint density at radius 2 is 1.40 bits per heavy atom. The Morgan fingerprint density at radius 3 is 2.04 bits per heavy atom. The molecule has 0 aliphatic carbocycles. The van der Waals surface area contributed by atoms with Gasteiger partial charge >= 0.3 is 0 Å². The summed E-state index contributed by atoms with van der Waals surface area (Å²) in [5.41, 5.74) is 1.73. The summed E-state index contributed by atoms with van der Waals surface area (Å²) in [5.74, 6) is 0.379. The number of methoxy groups -OCH3 is 2. The maximum Gasteiger partial charge on any atom is 0.255 e. The number of carbonyl (C=O) groups excluding carboxylic acids is 3. The molecular weight excluding hydrogens is 614 g/mol. The van der Waals surface area contributed by atoms with E-state index >= 15 is 0 Å². The van der Waals surface area contributed by atoms with Crippen LogP contribution in [0, 0.1) is 0 Å². The number of anilines is 2. The van der Waals surface area contributed by atoms with Crippen LogP contribution in [0.2, 0.25) is 0 Å². The summed E-state index contributed by atoms with van der Waals surface area (Å²) in [6.45, 7) is 9.73. The molecule has 2 bridgehead atoms. The number of fused-ring (bicyclic) bond motifs is 3. The van der Waals surface area contributed by atoms with E-state index < -0.39 is 0 Å². The van der Waals surface area contributed by atoms with Crippen molar-refractivity contribution < 1.29 is 28.6 Å². The molecule has 3 amide bonds. The van der Waals surface area contributed by atoms with Crippen molar-refractivity contribution in [2.24, 2.45) is 0 Å². The summed E-state index contributed by atoms with van der Waals surface area (Å²) in [4.78, 5) is 57.6. The minimum atomic E-state index is -0.239. The molecule has 2 fully saturated rings. The van der Waals surface area contributed by atoms with Crippen LogP contribution in [0.5, 0.6) is 5.75 Å². The van der Waals surface area contributed by atoms with Crippen molar-refractivity contribution in [1.82, 2.24) is 29.5 Å². The Bertz CT molecular complexity index is 1350. The van der Waals surface area contributed by atoms with Crippen LogP contribution in [0.1, 0.15) is 29.6 Å². The number of nitrogens with zero attached hydrogens (tertiary/aromatic N) is 7. The van der Waals surface area contributed by atoms with Crippen molar-refractivity contribution in [1.29, 1.82) is 0 Å². The van der Waals surface area contributed by atoms with Gasteiger partial charge in [-0.05, 0) is 37.5 Å². The zero-order valence-corrected chi connectivity index (χ0v) is 28.6. The van der Waals surface area contributed by atoms with Gasteiger partial charge in [-0.15, -0.1) is 0 Å². The summed E-state index contributed by atoms with van der Waals surface area (Å²) in [5, 5.41) is 0. The predicted octanol–water partition coefficient (Wildman–Crippen LogP) is 1.81. The molecule has 13 heteroatoms. The Labute approximate surface area is 284 Å². The molecule has 48 heavy (non-hydrogen) atoms. The van der Waals surface area contributed by atoms with E-state index in [2.05, 4.69) is 14.8 Å². The predicted molar refractivity (Wildman–Crippen MR) is 183 cm³/mol. The molecular formula is C35H51N7O6. The number of hydrogen-bond acceptors (Lipinski definition) is 10. The number of aromatic nitrogens is 1. The maximum absolute atomic E-state index is 14.1. The summed E-state index contributed by atoms with van der Waals surface area (Å²) in [7, 11) is 3.39. The molecule has 0 atom stereocenters. The van der Waals surface area contributed by atoms with Gasteiger partial charge in [0.05, 0.1) is 43.0 Å². The van der Waals surface area contributed by atoms with Gasteiger partial charge < -0.3 is 33.8 Å². The van der Waals surface area contributed by atoms with Gasteiger partial charge in [0.2, 0.25) is 11.8 Å². The first-order valence-electron chi connectivity index (χ1n) is 17.2. The average Bonchev–Trinajstić information content (AvgIpc) is 3.13. The first-order valence-corrected chi connectivity index (χ1v) is 17.2. The van der Waals surface area contributed by atoms with Crippen LogP contribution < -0.4 is 9.64 Å². The van der Waals surface area contributed by atoms with Crippen LogP contribution in [0.15, 0.2) is 42.7 Å². The van der Waals surface area contributed by atoms with E-state index in [1.165, 1.54) is 0 Å². The zero-order valence-electron chi connectivity index (χ0n) is 28.6. The van der Waals surface area contributed by atoms with Crippen LogP contribution in [0.25, 0.3) is 0 Å². The minimum Gasteiger partial charge on any atom is -0.491 e. The highest BCUT2D eigenvalue weighted by atomic mass is 16.5. The summed E-state index contributed by atoms with van der Waals surface area (Å²) in [6, 6.07) is 9.48. The van der Waals surface area contributed by atoms with Crippen molar-refractivity contribution in [3.63, 3.8) is 0 Å². The largest absolute Gasteiger partial charge is 0.491 e. The third kappa shape index (κ3) is 9.65. The van der Waals surface area contributed by atoms with Crippen LogP contribution in [-0.4, -0.2) is 166 Å². The summed E-state index contributed by atoms with van der Waals surface area (Å²) in [6.07, 6.45) is 5.61. The quantitative estimate of drug-likeness (QED) is 0.373. The van der Waals surface area contributed by atoms with Crippen molar-refractivity contribution in [3.8, 4) is 5.75 Å². The second-order valence-electron chi connectivity index (χ2n) is 12.6. The van der Waals surface area contributed by atoms with Gasteiger partial charge in [0.25, 0.3) is 5.91 Å². The number of piperazine rings is 2. The Hall–Kier alpha value is -3.78. The molecule has 3 aliphatic heterocycles. The van der Waals surface area contributed by atoms with E-state index in [1.54, 1.807) is 37.6 Å². The minimum absolute atomic E-state index is 0.0106. The topological polar surface area (TPSA) is 111 Å². The Balaban J connectivity index is 1.34. The fraction of sp³-hybridized carbons (Fsp3) is 0.600. The normalized spacial score (nSPS) is 18.7. The van der Waals surface area contributed by atoms with Crippen molar-refractivity contribution >= 4 is 29.1 Å². The number of para-hydroxylation sites is 2. The number of carbonyl (C=O) groups is 3. The Kier molecular flexibility index (Phi) is 13.4. The molecule has 0 unspecified atom stereocenters. The molecule has 3 aliphatic rings. The molecule has 2 saturated heterocycles. The molecule has 2 aromatic rings. The number of amides is 3. The van der Waals surface area contributed by atoms with Crippen LogP contribution in [0.4, 0.5) is 11.4 Å². The monoisotopic (exact) mass is 665 g/mol. The van der Waals surface area contributed by atoms with Gasteiger partial charge in [-0.3, -0.25) is 29.2 Å². The van der Waals surface area contributed by atoms with E-state index in [0.29, 0.717) is 69.5 Å². The smallest absolute Gasteiger partial charge is 0.255 e. The summed E-state index contributed by atoms with van der Waals surface area (Å²) >= 11 is 0. The number of ether oxygens (including phenoxy) is 3. The molecule has 13 nitrogen and oxygen atoms in total. The lowest BCUT2D eigenvalue weighted by molar-refractivity contribution is -0.134. The maximum atomic E-state index is 14.1. The van der Waals surface area contributed by atoms with E-state index in [9.17, 15) is 14.4 Å². The molecule has 262 valence electrons. The summed E-state index contributed by atoms with van der Waals surface area (Å²) < 4.78 is 16.7. The molecule has 5 rings (SSSR count). The zero-order chi connectivity index (χ0) is 33.7. The fourth-order valence-electron chi connectivity index (χ4n) is 6.39. The first kappa shape index (κ1) is 35.5. The van der Waals surface area contributed by atoms with E-state index in [4.69, 9.17) is 14.2 Å². The molecule has 0 radical (unpaired) electrons. The van der Waals surface area contributed by atoms with Crippen molar-refractivity contribution in [2.45, 2.75) is 19.3 Å². The number of benzene rings is 1. The van der Waals surface area contributed by atoms with E-state index in [-0.39, 0.29) is 30.8 Å². The molecule has 1 aromatic carbocycles. The molecule has 0 spiro atoms. The SMILES string of the molecule is COCCN1CCN(C(=O)CN2CCCCCOc3ccccc3N(CC(=O)N3CCN(CCOC)CC3)c3cncc(c3)C2=O)CC1. The van der Waals surface area contributed by atoms with E-state index in [1.807, 2.05) is 39.0 Å². The molecule has 0 saturated carbocycles. The lowest BCUT2D eigenvalue weighted by Gasteiger charge is -2.36. The van der Waals surface area contributed by atoms with Gasteiger partial charge in [0, 0.05) is 92.4 Å². The fourth-order valence-corrected chi connectivity index (χ4v) is 6.39. The van der Waals surface area contributed by atoms with Gasteiger partial charge in [-0.2, -0.15) is 0 Å². The van der Waals surface area contributed by atoms with Crippen molar-refractivity contribution in [3.05, 3.63) is 48.3 Å². The van der Waals surface area contributed by atoms with Crippen LogP contribution in [-0.2, 0) is 19.1 Å². The number of rotatable bonds is 10. The highest BCUT2D eigenvalue weighted by Crippen LogP contribution is 2.34. The lowest BCUT2D eigenvalue weighted by Crippen LogP contribution is -2.52. The second-order valence-corrected chi connectivity index (χ2v) is 12.6. The highest BCUT2D eigenvalue weighted by Gasteiger charge is 2.28. The third-order valence-corrected chi connectivity index (χ3v) is 9.35. The van der Waals surface area contributed by atoms with Gasteiger partial charge in [-0.25, -0.2) is 0 Å². The molecule has 4 heterocycles. The molecule has 0 N–H and O–H groups in total. The average molecular weight is 666 g/mol.